The van der Waals surface area contributed by atoms with Crippen LogP contribution in [-0.4, -0.2) is 41.6 Å². The summed E-state index contributed by atoms with van der Waals surface area (Å²) in [4.78, 5) is 14.1. The molecule has 1 saturated heterocycles. The minimum absolute atomic E-state index is 0.169. The molecule has 1 aromatic rings. The minimum atomic E-state index is -0.541. The SMILES string of the molecule is CCCNC1CCCN(C(=O)c2ccc(F)cc2O)C1. The van der Waals surface area contributed by atoms with E-state index in [4.69, 9.17) is 0 Å². The van der Waals surface area contributed by atoms with Crippen molar-refractivity contribution in [1.82, 2.24) is 10.2 Å². The highest BCUT2D eigenvalue weighted by molar-refractivity contribution is 5.96. The number of nitrogens with one attached hydrogen (secondary N) is 1. The van der Waals surface area contributed by atoms with E-state index in [1.165, 1.54) is 12.1 Å². The molecular formula is C15H21FN2O2. The number of carbonyl (C=O) groups is 1. The Bertz CT molecular complexity index is 479. The lowest BCUT2D eigenvalue weighted by Crippen LogP contribution is -2.48. The third kappa shape index (κ3) is 3.48. The molecule has 0 saturated carbocycles. The van der Waals surface area contributed by atoms with Crippen LogP contribution in [0.2, 0.25) is 0 Å². The summed E-state index contributed by atoms with van der Waals surface area (Å²) in [5.41, 5.74) is 0.169. The average molecular weight is 280 g/mol. The molecule has 0 aromatic heterocycles. The minimum Gasteiger partial charge on any atom is -0.507 e. The number of phenolic OH excluding ortho intramolecular Hbond substituents is 1. The number of rotatable bonds is 4. The fraction of sp³-hybridized carbons (Fsp3) is 0.533. The van der Waals surface area contributed by atoms with Crippen molar-refractivity contribution in [2.45, 2.75) is 32.2 Å². The van der Waals surface area contributed by atoms with Gasteiger partial charge in [-0.1, -0.05) is 6.92 Å². The lowest BCUT2D eigenvalue weighted by molar-refractivity contribution is 0.0692. The van der Waals surface area contributed by atoms with E-state index >= 15 is 0 Å². The third-order valence-corrected chi connectivity index (χ3v) is 3.58. The zero-order valence-electron chi connectivity index (χ0n) is 11.7. The van der Waals surface area contributed by atoms with E-state index in [1.54, 1.807) is 4.90 Å². The maximum atomic E-state index is 13.0. The molecule has 0 aliphatic carbocycles. The maximum absolute atomic E-state index is 13.0. The fourth-order valence-electron chi connectivity index (χ4n) is 2.53. The van der Waals surface area contributed by atoms with Crippen molar-refractivity contribution in [3.05, 3.63) is 29.6 Å². The van der Waals surface area contributed by atoms with Crippen molar-refractivity contribution in [3.8, 4) is 5.75 Å². The number of aromatic hydroxyl groups is 1. The Kier molecular flexibility index (Phi) is 4.95. The van der Waals surface area contributed by atoms with Crippen LogP contribution in [0.15, 0.2) is 18.2 Å². The predicted octanol–water partition coefficient (Wildman–Crippen LogP) is 2.14. The summed E-state index contributed by atoms with van der Waals surface area (Å²) in [7, 11) is 0. The molecule has 5 heteroatoms. The van der Waals surface area contributed by atoms with Gasteiger partial charge in [-0.2, -0.15) is 0 Å². The van der Waals surface area contributed by atoms with Gasteiger partial charge < -0.3 is 15.3 Å². The van der Waals surface area contributed by atoms with Crippen LogP contribution in [0.5, 0.6) is 5.75 Å². The van der Waals surface area contributed by atoms with E-state index in [0.717, 1.165) is 31.9 Å². The van der Waals surface area contributed by atoms with Gasteiger partial charge in [-0.15, -0.1) is 0 Å². The van der Waals surface area contributed by atoms with Gasteiger partial charge in [-0.3, -0.25) is 4.79 Å². The van der Waals surface area contributed by atoms with Gasteiger partial charge in [-0.05, 0) is 37.9 Å². The molecule has 0 spiro atoms. The Morgan fingerprint density at radius 1 is 1.55 bits per heavy atom. The number of piperidine rings is 1. The number of benzene rings is 1. The summed E-state index contributed by atoms with van der Waals surface area (Å²) in [6.45, 7) is 4.36. The van der Waals surface area contributed by atoms with Crippen LogP contribution in [0.1, 0.15) is 36.5 Å². The second-order valence-corrected chi connectivity index (χ2v) is 5.21. The van der Waals surface area contributed by atoms with Gasteiger partial charge >= 0.3 is 0 Å². The highest BCUT2D eigenvalue weighted by Crippen LogP contribution is 2.22. The van der Waals surface area contributed by atoms with Gasteiger partial charge in [0.15, 0.2) is 0 Å². The first-order chi connectivity index (χ1) is 9.61. The lowest BCUT2D eigenvalue weighted by atomic mass is 10.0. The van der Waals surface area contributed by atoms with Crippen LogP contribution < -0.4 is 5.32 Å². The second kappa shape index (κ2) is 6.70. The van der Waals surface area contributed by atoms with Crippen LogP contribution in [0.3, 0.4) is 0 Å². The van der Waals surface area contributed by atoms with Gasteiger partial charge in [0, 0.05) is 25.2 Å². The zero-order valence-corrected chi connectivity index (χ0v) is 11.7. The first-order valence-corrected chi connectivity index (χ1v) is 7.13. The van der Waals surface area contributed by atoms with E-state index in [-0.39, 0.29) is 17.2 Å². The number of amides is 1. The summed E-state index contributed by atoms with van der Waals surface area (Å²) < 4.78 is 13.0. The number of carbonyl (C=O) groups excluding carboxylic acids is 1. The molecule has 20 heavy (non-hydrogen) atoms. The normalized spacial score (nSPS) is 19.1. The maximum Gasteiger partial charge on any atom is 0.257 e. The molecule has 1 aromatic carbocycles. The molecule has 1 unspecified atom stereocenters. The smallest absolute Gasteiger partial charge is 0.257 e. The van der Waals surface area contributed by atoms with Crippen molar-refractivity contribution in [2.75, 3.05) is 19.6 Å². The highest BCUT2D eigenvalue weighted by atomic mass is 19.1. The average Bonchev–Trinajstić information content (AvgIpc) is 2.45. The summed E-state index contributed by atoms with van der Waals surface area (Å²) in [6, 6.07) is 3.82. The van der Waals surface area contributed by atoms with Crippen molar-refractivity contribution >= 4 is 5.91 Å². The van der Waals surface area contributed by atoms with E-state index in [9.17, 15) is 14.3 Å². The molecule has 2 rings (SSSR count). The van der Waals surface area contributed by atoms with E-state index < -0.39 is 5.82 Å². The zero-order chi connectivity index (χ0) is 14.5. The van der Waals surface area contributed by atoms with Crippen molar-refractivity contribution < 1.29 is 14.3 Å². The fourth-order valence-corrected chi connectivity index (χ4v) is 2.53. The molecule has 1 heterocycles. The van der Waals surface area contributed by atoms with Crippen molar-refractivity contribution in [2.24, 2.45) is 0 Å². The number of hydrogen-bond donors (Lipinski definition) is 2. The Balaban J connectivity index is 2.04. The van der Waals surface area contributed by atoms with Crippen LogP contribution in [-0.2, 0) is 0 Å². The number of likely N-dealkylation sites (tertiary alicyclic amines) is 1. The van der Waals surface area contributed by atoms with Gasteiger partial charge in [-0.25, -0.2) is 4.39 Å². The van der Waals surface area contributed by atoms with Gasteiger partial charge in [0.1, 0.15) is 11.6 Å². The van der Waals surface area contributed by atoms with Gasteiger partial charge in [0.05, 0.1) is 5.56 Å². The molecule has 110 valence electrons. The molecule has 1 amide bonds. The van der Waals surface area contributed by atoms with E-state index in [1.807, 2.05) is 0 Å². The standard InChI is InChI=1S/C15H21FN2O2/c1-2-7-17-12-4-3-8-18(10-12)15(20)13-6-5-11(16)9-14(13)19/h5-6,9,12,17,19H,2-4,7-8,10H2,1H3. The Morgan fingerprint density at radius 2 is 2.35 bits per heavy atom. The quantitative estimate of drug-likeness (QED) is 0.888. The monoisotopic (exact) mass is 280 g/mol. The highest BCUT2D eigenvalue weighted by Gasteiger charge is 2.25. The molecule has 1 atom stereocenters. The third-order valence-electron chi connectivity index (χ3n) is 3.58. The number of nitrogens with zero attached hydrogens (tertiary/aromatic N) is 1. The summed E-state index contributed by atoms with van der Waals surface area (Å²) in [5, 5.41) is 13.1. The second-order valence-electron chi connectivity index (χ2n) is 5.21. The van der Waals surface area contributed by atoms with Crippen LogP contribution in [0.4, 0.5) is 4.39 Å². The summed E-state index contributed by atoms with van der Waals surface area (Å²) in [6.07, 6.45) is 3.05. The van der Waals surface area contributed by atoms with Crippen LogP contribution >= 0.6 is 0 Å². The molecule has 2 N–H and O–H groups in total. The van der Waals surface area contributed by atoms with Gasteiger partial charge in [0.2, 0.25) is 0 Å². The largest absolute Gasteiger partial charge is 0.507 e. The predicted molar refractivity (Wildman–Crippen MR) is 75.3 cm³/mol. The number of hydrogen-bond acceptors (Lipinski definition) is 3. The Hall–Kier alpha value is -1.62. The van der Waals surface area contributed by atoms with Crippen LogP contribution in [0.25, 0.3) is 0 Å². The molecule has 0 bridgehead atoms. The number of phenols is 1. The summed E-state index contributed by atoms with van der Waals surface area (Å²) >= 11 is 0. The number of halogens is 1. The lowest BCUT2D eigenvalue weighted by Gasteiger charge is -2.33. The van der Waals surface area contributed by atoms with E-state index in [0.29, 0.717) is 19.1 Å². The first-order valence-electron chi connectivity index (χ1n) is 7.13. The van der Waals surface area contributed by atoms with Gasteiger partial charge in [0.25, 0.3) is 5.91 Å². The molecule has 4 nitrogen and oxygen atoms in total. The van der Waals surface area contributed by atoms with Crippen LogP contribution in [0, 0.1) is 5.82 Å². The Labute approximate surface area is 118 Å². The molecular weight excluding hydrogens is 259 g/mol. The molecule has 0 radical (unpaired) electrons. The van der Waals surface area contributed by atoms with Crippen molar-refractivity contribution in [1.29, 1.82) is 0 Å². The van der Waals surface area contributed by atoms with Crippen molar-refractivity contribution in [3.63, 3.8) is 0 Å². The summed E-state index contributed by atoms with van der Waals surface area (Å²) in [5.74, 6) is -1.07. The Morgan fingerprint density at radius 3 is 3.05 bits per heavy atom. The molecule has 1 aliphatic heterocycles. The molecule has 1 aliphatic rings. The first kappa shape index (κ1) is 14.8. The van der Waals surface area contributed by atoms with E-state index in [2.05, 4.69) is 12.2 Å². The molecule has 1 fully saturated rings. The topological polar surface area (TPSA) is 52.6 Å².